The van der Waals surface area contributed by atoms with Crippen molar-refractivity contribution >= 4 is 18.3 Å². The summed E-state index contributed by atoms with van der Waals surface area (Å²) in [5.41, 5.74) is 7.52. The summed E-state index contributed by atoms with van der Waals surface area (Å²) in [5, 5.41) is 2.86. The SMILES string of the molecule is Cc1ccc(CNC(=O)CCN)c(OCCC(C)C)c1.Cl. The molecule has 0 unspecified atom stereocenters. The molecule has 0 spiro atoms. The average Bonchev–Trinajstić information content (AvgIpc) is 2.37. The molecule has 0 fully saturated rings. The molecule has 21 heavy (non-hydrogen) atoms. The van der Waals surface area contributed by atoms with Crippen LogP contribution in [0, 0.1) is 12.8 Å². The Labute approximate surface area is 133 Å². The number of carbonyl (C=O) groups is 1. The number of aryl methyl sites for hydroxylation is 1. The molecule has 0 heterocycles. The van der Waals surface area contributed by atoms with Crippen LogP contribution in [-0.2, 0) is 11.3 Å². The Morgan fingerprint density at radius 3 is 2.71 bits per heavy atom. The van der Waals surface area contributed by atoms with Crippen LogP contribution in [-0.4, -0.2) is 19.1 Å². The molecule has 0 bridgehead atoms. The summed E-state index contributed by atoms with van der Waals surface area (Å²) in [6.07, 6.45) is 1.38. The molecule has 0 aliphatic rings. The first kappa shape index (κ1) is 19.7. The third-order valence-electron chi connectivity index (χ3n) is 3.02. The van der Waals surface area contributed by atoms with Crippen molar-refractivity contribution in [1.29, 1.82) is 0 Å². The Balaban J connectivity index is 0.00000400. The number of rotatable bonds is 8. The van der Waals surface area contributed by atoms with Gasteiger partial charge in [-0.3, -0.25) is 4.79 Å². The number of ether oxygens (including phenoxy) is 1. The van der Waals surface area contributed by atoms with Gasteiger partial charge in [0.15, 0.2) is 0 Å². The quantitative estimate of drug-likeness (QED) is 0.775. The van der Waals surface area contributed by atoms with E-state index in [-0.39, 0.29) is 18.3 Å². The summed E-state index contributed by atoms with van der Waals surface area (Å²) < 4.78 is 5.85. The van der Waals surface area contributed by atoms with E-state index < -0.39 is 0 Å². The standard InChI is InChI=1S/C16H26N2O2.ClH/c1-12(2)7-9-20-15-10-13(3)4-5-14(15)11-18-16(19)6-8-17;/h4-5,10,12H,6-9,11,17H2,1-3H3,(H,18,19);1H. The van der Waals surface area contributed by atoms with Crippen molar-refractivity contribution in [2.75, 3.05) is 13.2 Å². The van der Waals surface area contributed by atoms with E-state index in [4.69, 9.17) is 10.5 Å². The first-order valence-electron chi connectivity index (χ1n) is 7.22. The molecule has 0 atom stereocenters. The third kappa shape index (κ3) is 7.93. The fraction of sp³-hybridized carbons (Fsp3) is 0.562. The normalized spacial score (nSPS) is 10.1. The molecule has 1 rings (SSSR count). The monoisotopic (exact) mass is 314 g/mol. The maximum Gasteiger partial charge on any atom is 0.221 e. The highest BCUT2D eigenvalue weighted by atomic mass is 35.5. The van der Waals surface area contributed by atoms with Crippen LogP contribution in [0.1, 0.15) is 37.8 Å². The van der Waals surface area contributed by atoms with Crippen LogP contribution >= 0.6 is 12.4 Å². The van der Waals surface area contributed by atoms with Gasteiger partial charge in [0, 0.05) is 25.1 Å². The van der Waals surface area contributed by atoms with Crippen molar-refractivity contribution in [3.05, 3.63) is 29.3 Å². The van der Waals surface area contributed by atoms with E-state index in [1.807, 2.05) is 25.1 Å². The van der Waals surface area contributed by atoms with Gasteiger partial charge >= 0.3 is 0 Å². The highest BCUT2D eigenvalue weighted by Gasteiger charge is 2.07. The van der Waals surface area contributed by atoms with Crippen LogP contribution in [0.4, 0.5) is 0 Å². The van der Waals surface area contributed by atoms with Gasteiger partial charge in [0.2, 0.25) is 5.91 Å². The average molecular weight is 315 g/mol. The summed E-state index contributed by atoms with van der Waals surface area (Å²) >= 11 is 0. The van der Waals surface area contributed by atoms with E-state index in [9.17, 15) is 4.79 Å². The van der Waals surface area contributed by atoms with Gasteiger partial charge in [-0.25, -0.2) is 0 Å². The molecule has 4 nitrogen and oxygen atoms in total. The molecule has 0 saturated carbocycles. The Morgan fingerprint density at radius 1 is 1.38 bits per heavy atom. The van der Waals surface area contributed by atoms with E-state index in [1.54, 1.807) is 0 Å². The van der Waals surface area contributed by atoms with E-state index in [0.717, 1.165) is 23.3 Å². The zero-order chi connectivity index (χ0) is 15.0. The predicted octanol–water partition coefficient (Wildman–Crippen LogP) is 2.81. The smallest absolute Gasteiger partial charge is 0.221 e. The molecule has 0 aliphatic carbocycles. The van der Waals surface area contributed by atoms with Crippen LogP contribution in [0.5, 0.6) is 5.75 Å². The van der Waals surface area contributed by atoms with Gasteiger partial charge in [-0.15, -0.1) is 12.4 Å². The summed E-state index contributed by atoms with van der Waals surface area (Å²) in [4.78, 5) is 11.5. The van der Waals surface area contributed by atoms with Gasteiger partial charge in [0.25, 0.3) is 0 Å². The van der Waals surface area contributed by atoms with Crippen molar-refractivity contribution < 1.29 is 9.53 Å². The lowest BCUT2D eigenvalue weighted by Gasteiger charge is -2.14. The minimum atomic E-state index is -0.0267. The second kappa shape index (κ2) is 10.5. The van der Waals surface area contributed by atoms with E-state index in [0.29, 0.717) is 32.0 Å². The van der Waals surface area contributed by atoms with Gasteiger partial charge < -0.3 is 15.8 Å². The summed E-state index contributed by atoms with van der Waals surface area (Å²) in [7, 11) is 0. The van der Waals surface area contributed by atoms with Crippen molar-refractivity contribution in [2.45, 2.75) is 40.2 Å². The number of nitrogens with two attached hydrogens (primary N) is 1. The Bertz CT molecular complexity index is 436. The second-order valence-electron chi connectivity index (χ2n) is 5.46. The lowest BCUT2D eigenvalue weighted by atomic mass is 10.1. The van der Waals surface area contributed by atoms with Crippen LogP contribution in [0.2, 0.25) is 0 Å². The van der Waals surface area contributed by atoms with E-state index in [2.05, 4.69) is 19.2 Å². The first-order valence-corrected chi connectivity index (χ1v) is 7.22. The van der Waals surface area contributed by atoms with Gasteiger partial charge in [0.1, 0.15) is 5.75 Å². The third-order valence-corrected chi connectivity index (χ3v) is 3.02. The Morgan fingerprint density at radius 2 is 2.10 bits per heavy atom. The van der Waals surface area contributed by atoms with Crippen LogP contribution < -0.4 is 15.8 Å². The summed E-state index contributed by atoms with van der Waals surface area (Å²) in [6.45, 7) is 7.94. The second-order valence-corrected chi connectivity index (χ2v) is 5.46. The number of benzene rings is 1. The molecule has 0 aromatic heterocycles. The summed E-state index contributed by atoms with van der Waals surface area (Å²) in [6, 6.07) is 6.05. The zero-order valence-corrected chi connectivity index (χ0v) is 14.0. The van der Waals surface area contributed by atoms with E-state index in [1.165, 1.54) is 0 Å². The number of carbonyl (C=O) groups excluding carboxylic acids is 1. The minimum Gasteiger partial charge on any atom is -0.493 e. The van der Waals surface area contributed by atoms with E-state index >= 15 is 0 Å². The Kier molecular flexibility index (Phi) is 9.84. The van der Waals surface area contributed by atoms with Crippen LogP contribution in [0.25, 0.3) is 0 Å². The number of hydrogen-bond donors (Lipinski definition) is 2. The van der Waals surface area contributed by atoms with Crippen molar-refractivity contribution in [3.63, 3.8) is 0 Å². The maximum atomic E-state index is 11.5. The van der Waals surface area contributed by atoms with Gasteiger partial charge in [-0.2, -0.15) is 0 Å². The lowest BCUT2D eigenvalue weighted by molar-refractivity contribution is -0.121. The number of amides is 1. The molecule has 3 N–H and O–H groups in total. The molecule has 120 valence electrons. The van der Waals surface area contributed by atoms with Crippen molar-refractivity contribution in [2.24, 2.45) is 11.7 Å². The molecule has 5 heteroatoms. The highest BCUT2D eigenvalue weighted by Crippen LogP contribution is 2.21. The fourth-order valence-corrected chi connectivity index (χ4v) is 1.76. The number of nitrogens with one attached hydrogen (secondary N) is 1. The van der Waals surface area contributed by atoms with Gasteiger partial charge in [-0.1, -0.05) is 26.0 Å². The topological polar surface area (TPSA) is 64.4 Å². The van der Waals surface area contributed by atoms with Crippen LogP contribution in [0.15, 0.2) is 18.2 Å². The van der Waals surface area contributed by atoms with Crippen molar-refractivity contribution in [1.82, 2.24) is 5.32 Å². The fourth-order valence-electron chi connectivity index (χ4n) is 1.76. The number of hydrogen-bond acceptors (Lipinski definition) is 3. The summed E-state index contributed by atoms with van der Waals surface area (Å²) in [5.74, 6) is 1.45. The zero-order valence-electron chi connectivity index (χ0n) is 13.1. The minimum absolute atomic E-state index is 0. The highest BCUT2D eigenvalue weighted by molar-refractivity contribution is 5.85. The Hall–Kier alpha value is -1.26. The molecule has 0 radical (unpaired) electrons. The predicted molar refractivity (Wildman–Crippen MR) is 88.9 cm³/mol. The molecule has 0 aliphatic heterocycles. The molecule has 1 aromatic rings. The molecular formula is C16H27ClN2O2. The van der Waals surface area contributed by atoms with Crippen LogP contribution in [0.3, 0.4) is 0 Å². The van der Waals surface area contributed by atoms with Gasteiger partial charge in [0.05, 0.1) is 6.61 Å². The largest absolute Gasteiger partial charge is 0.493 e. The molecule has 1 amide bonds. The van der Waals surface area contributed by atoms with Crippen molar-refractivity contribution in [3.8, 4) is 5.75 Å². The maximum absolute atomic E-state index is 11.5. The van der Waals surface area contributed by atoms with Gasteiger partial charge in [-0.05, 0) is 30.9 Å². The lowest BCUT2D eigenvalue weighted by Crippen LogP contribution is -2.25. The molecule has 1 aromatic carbocycles. The first-order chi connectivity index (χ1) is 9.52. The molecular weight excluding hydrogens is 288 g/mol. The molecule has 0 saturated heterocycles. The number of halogens is 1.